The number of nitrogens with one attached hydrogen (secondary N) is 8. The molecule has 10 amide bonds. The number of H-pyrrole nitrogens is 1. The molecule has 2 fully saturated rings. The third-order valence-corrected chi connectivity index (χ3v) is 19.2. The lowest BCUT2D eigenvalue weighted by Crippen LogP contribution is -2.62. The van der Waals surface area contributed by atoms with E-state index in [1.165, 1.54) is 27.7 Å². The highest BCUT2D eigenvalue weighted by Crippen LogP contribution is 2.36. The van der Waals surface area contributed by atoms with Crippen molar-refractivity contribution >= 4 is 122 Å². The molecule has 28 nitrogen and oxygen atoms in total. The van der Waals surface area contributed by atoms with E-state index in [1.54, 1.807) is 48.5 Å². The molecule has 522 valence electrons. The molecule has 9 rings (SSSR count). The number of anilines is 2. The second-order valence-corrected chi connectivity index (χ2v) is 26.6. The average molecular weight is 1390 g/mol. The van der Waals surface area contributed by atoms with Crippen LogP contribution in [0.15, 0.2) is 81.0 Å². The molecule has 0 spiro atoms. The number of amides is 10. The number of rotatable bonds is 14. The molecule has 2 aromatic heterocycles. The van der Waals surface area contributed by atoms with Crippen molar-refractivity contribution in [1.82, 2.24) is 47.1 Å². The van der Waals surface area contributed by atoms with Crippen LogP contribution in [0.25, 0.3) is 33.0 Å². The van der Waals surface area contributed by atoms with Crippen LogP contribution in [0.5, 0.6) is 0 Å². The monoisotopic (exact) mass is 1390 g/mol. The molecule has 33 heteroatoms. The van der Waals surface area contributed by atoms with E-state index < -0.39 is 155 Å². The van der Waals surface area contributed by atoms with Gasteiger partial charge in [0.25, 0.3) is 0 Å². The second kappa shape index (κ2) is 31.0. The smallest absolute Gasteiger partial charge is 0.475 e. The van der Waals surface area contributed by atoms with Crippen molar-refractivity contribution in [1.29, 1.82) is 0 Å². The number of carbonyl (C=O) groups excluding carboxylic acids is 10. The molecular formula is C64H76F3N11O17S2. The van der Waals surface area contributed by atoms with Crippen molar-refractivity contribution in [3.05, 3.63) is 88.3 Å². The molecule has 97 heavy (non-hydrogen) atoms. The number of aromatic amines is 1. The van der Waals surface area contributed by atoms with Gasteiger partial charge in [0.2, 0.25) is 59.1 Å². The number of imide groups is 1. The van der Waals surface area contributed by atoms with Gasteiger partial charge in [0, 0.05) is 97.8 Å². The van der Waals surface area contributed by atoms with E-state index in [4.69, 9.17) is 14.3 Å². The number of carboxylic acids is 1. The molecule has 5 aromatic rings. The Morgan fingerprint density at radius 1 is 0.804 bits per heavy atom. The number of aliphatic hydroxyl groups excluding tert-OH is 2. The Balaban J connectivity index is 0.00000163. The normalized spacial score (nSPS) is 24.1. The molecule has 0 radical (unpaired) electrons. The lowest BCUT2D eigenvalue weighted by molar-refractivity contribution is -0.192. The van der Waals surface area contributed by atoms with E-state index >= 15 is 0 Å². The van der Waals surface area contributed by atoms with Crippen LogP contribution >= 0.6 is 23.5 Å². The zero-order valence-corrected chi connectivity index (χ0v) is 55.4. The molecule has 3 aromatic carbocycles. The molecule has 6 heterocycles. The van der Waals surface area contributed by atoms with E-state index in [1.807, 2.05) is 39.0 Å². The number of thioether (sulfide) groups is 2. The Bertz CT molecular complexity index is 3940. The maximum Gasteiger partial charge on any atom is 0.490 e. The number of aliphatic carboxylic acids is 1. The molecule has 0 saturated carbocycles. The van der Waals surface area contributed by atoms with Crippen LogP contribution in [0.1, 0.15) is 78.4 Å². The fourth-order valence-corrected chi connectivity index (χ4v) is 13.9. The van der Waals surface area contributed by atoms with E-state index in [2.05, 4.69) is 47.1 Å². The van der Waals surface area contributed by atoms with Crippen molar-refractivity contribution < 1.29 is 90.8 Å². The number of hydrogen-bond donors (Lipinski definition) is 12. The van der Waals surface area contributed by atoms with Crippen molar-refractivity contribution in [3.8, 4) is 11.1 Å². The summed E-state index contributed by atoms with van der Waals surface area (Å²) >= 11 is 2.14. The Kier molecular flexibility index (Phi) is 23.6. The standard InChI is InChI=1S/C62H75N11O15S2.C2HF3O2/c1-8-71(9-2)36-18-19-38-30(3)50(61(86)88-46(38)22-36)34-14-16-35(17-15-34)73-49(77)25-47(60(73)85)89-21-20-48(76)63-29-62(7,87)26-43-55(81)64-32(5)53(79)70-51(33(6)74)57(83)68-44-28-90-58-40(39-12-10-11-13-41(39)69-58)24-42(54(80)67-43)66-52(78)31(4)65-56(82)45-23-37(75)27-72(45)59(44)84;3-2(4,5)1(6)7/h10-19,22,31-33,37,42-45,47,51,69,74-75,87H,8-9,20-21,23-29H2,1-7H3,(H,63,76)(H,64,81)(H,65,82)(H,66,78)(H,67,80)(H,68,83)(H,70,79);(H,6,7)/t31-,32-,33-,37-,42-,43-,44-,45-,47?,51+,62+;/m0./s1. The first kappa shape index (κ1) is 73.8. The molecule has 0 aliphatic carbocycles. The maximum absolute atomic E-state index is 14.9. The van der Waals surface area contributed by atoms with Gasteiger partial charge in [-0.15, -0.1) is 23.5 Å². The lowest BCUT2D eigenvalue weighted by Gasteiger charge is -2.31. The van der Waals surface area contributed by atoms with Gasteiger partial charge in [-0.3, -0.25) is 47.9 Å². The number of benzene rings is 3. The Hall–Kier alpha value is -9.05. The zero-order chi connectivity index (χ0) is 71.1. The highest BCUT2D eigenvalue weighted by atomic mass is 32.2. The summed E-state index contributed by atoms with van der Waals surface area (Å²) in [5, 5.41) is 59.7. The van der Waals surface area contributed by atoms with Crippen LogP contribution in [-0.4, -0.2) is 205 Å². The number of hydrogen-bond acceptors (Lipinski definition) is 19. The van der Waals surface area contributed by atoms with Crippen molar-refractivity contribution in [2.75, 3.05) is 47.5 Å². The van der Waals surface area contributed by atoms with Crippen LogP contribution in [0.3, 0.4) is 0 Å². The van der Waals surface area contributed by atoms with E-state index in [-0.39, 0.29) is 43.7 Å². The summed E-state index contributed by atoms with van der Waals surface area (Å²) in [5.74, 6) is -10.9. The number of para-hydroxylation sites is 1. The minimum atomic E-state index is -5.08. The lowest BCUT2D eigenvalue weighted by atomic mass is 9.95. The summed E-state index contributed by atoms with van der Waals surface area (Å²) in [6, 6.07) is 8.65. The summed E-state index contributed by atoms with van der Waals surface area (Å²) in [7, 11) is 0. The summed E-state index contributed by atoms with van der Waals surface area (Å²) in [4.78, 5) is 170. The minimum absolute atomic E-state index is 0.0728. The fourth-order valence-electron chi connectivity index (χ4n) is 11.7. The van der Waals surface area contributed by atoms with E-state index in [0.29, 0.717) is 49.5 Å². The summed E-state index contributed by atoms with van der Waals surface area (Å²) in [6.45, 7) is 11.8. The van der Waals surface area contributed by atoms with Crippen LogP contribution in [0.2, 0.25) is 0 Å². The first-order valence-corrected chi connectivity index (χ1v) is 33.2. The number of aromatic nitrogens is 1. The van der Waals surface area contributed by atoms with Crippen LogP contribution < -0.4 is 52.6 Å². The van der Waals surface area contributed by atoms with E-state index in [9.17, 15) is 81.2 Å². The van der Waals surface area contributed by atoms with Crippen molar-refractivity contribution in [2.45, 2.75) is 157 Å². The average Bonchev–Trinajstić information content (AvgIpc) is 1.57. The van der Waals surface area contributed by atoms with Gasteiger partial charge >= 0.3 is 17.8 Å². The summed E-state index contributed by atoms with van der Waals surface area (Å²) < 4.78 is 37.5. The number of fused-ring (bicyclic) bond motifs is 6. The third-order valence-electron chi connectivity index (χ3n) is 16.9. The van der Waals surface area contributed by atoms with Crippen molar-refractivity contribution in [3.63, 3.8) is 0 Å². The van der Waals surface area contributed by atoms with Gasteiger partial charge < -0.3 is 76.8 Å². The predicted octanol–water partition coefficient (Wildman–Crippen LogP) is 1.39. The van der Waals surface area contributed by atoms with Gasteiger partial charge in [-0.1, -0.05) is 30.3 Å². The number of carbonyl (C=O) groups is 11. The maximum atomic E-state index is 14.9. The van der Waals surface area contributed by atoms with E-state index in [0.717, 1.165) is 57.5 Å². The number of aliphatic hydroxyl groups is 3. The highest BCUT2D eigenvalue weighted by Gasteiger charge is 2.45. The number of carboxylic acid groups (broad SMARTS) is 1. The highest BCUT2D eigenvalue weighted by molar-refractivity contribution is 8.00. The minimum Gasteiger partial charge on any atom is -0.475 e. The molecule has 11 atom stereocenters. The summed E-state index contributed by atoms with van der Waals surface area (Å²) in [6.07, 6.45) is -9.27. The van der Waals surface area contributed by atoms with Crippen LogP contribution in [-0.2, 0) is 59.2 Å². The first-order valence-electron chi connectivity index (χ1n) is 31.1. The first-order chi connectivity index (χ1) is 45.7. The molecular weight excluding hydrogens is 1320 g/mol. The second-order valence-electron chi connectivity index (χ2n) is 24.2. The largest absolute Gasteiger partial charge is 0.490 e. The number of aryl methyl sites for hydroxylation is 1. The molecule has 2 saturated heterocycles. The molecule has 2 bridgehead atoms. The Morgan fingerprint density at radius 3 is 2.09 bits per heavy atom. The fraction of sp³-hybridized carbons (Fsp3) is 0.469. The molecule has 12 N–H and O–H groups in total. The van der Waals surface area contributed by atoms with Gasteiger partial charge in [0.05, 0.1) is 39.3 Å². The van der Waals surface area contributed by atoms with Gasteiger partial charge in [0.1, 0.15) is 47.9 Å². The van der Waals surface area contributed by atoms with Crippen molar-refractivity contribution in [2.24, 2.45) is 0 Å². The van der Waals surface area contributed by atoms with Crippen LogP contribution in [0.4, 0.5) is 24.5 Å². The Labute approximate surface area is 561 Å². The Morgan fingerprint density at radius 2 is 1.44 bits per heavy atom. The van der Waals surface area contributed by atoms with Gasteiger partial charge in [-0.25, -0.2) is 14.5 Å². The number of halogens is 3. The number of alkyl halides is 3. The van der Waals surface area contributed by atoms with Gasteiger partial charge in [-0.05, 0) is 95.5 Å². The summed E-state index contributed by atoms with van der Waals surface area (Å²) in [5.41, 5.74) is 1.81. The topological polar surface area (TPSA) is 409 Å². The zero-order valence-electron chi connectivity index (χ0n) is 53.8. The molecule has 1 unspecified atom stereocenters. The third kappa shape index (κ3) is 17.6. The van der Waals surface area contributed by atoms with Crippen LogP contribution in [0, 0.1) is 6.92 Å². The quantitative estimate of drug-likeness (QED) is 0.0552. The predicted molar refractivity (Wildman–Crippen MR) is 350 cm³/mol. The number of nitrogens with zero attached hydrogens (tertiary/aromatic N) is 3. The SMILES string of the molecule is CCN(CC)c1ccc2c(C)c(-c3ccc(N4C(=O)CC(SCCC(=O)NC[C@](C)(O)C[C@@H]5NC(=O)[C@@H]6Cc7c([nH]c8ccccc78)SC[C@H](NC(=O)[C@@H]([C@H](C)O)NC(=O)[C@H](C)NC5=O)C(=O)N5C[C@@H](O)C[C@H]5C(=O)N[C@@H](C)C(=O)N6)C4=O)cc3)c(=O)oc2c1.O=C(O)C(F)(F)F. The molecule has 4 aliphatic rings. The molecule has 4 aliphatic heterocycles. The van der Waals surface area contributed by atoms with Gasteiger partial charge in [0.15, 0.2) is 0 Å². The van der Waals surface area contributed by atoms with Gasteiger partial charge in [-0.2, -0.15) is 13.2 Å².